The molecular formula is C18H27N3O2. The summed E-state index contributed by atoms with van der Waals surface area (Å²) in [5.41, 5.74) is 7.48. The third-order valence-corrected chi connectivity index (χ3v) is 4.34. The van der Waals surface area contributed by atoms with Crippen LogP contribution in [0.15, 0.2) is 24.3 Å². The van der Waals surface area contributed by atoms with Gasteiger partial charge in [-0.05, 0) is 43.4 Å². The molecule has 23 heavy (non-hydrogen) atoms. The van der Waals surface area contributed by atoms with Gasteiger partial charge in [0, 0.05) is 30.6 Å². The predicted octanol–water partition coefficient (Wildman–Crippen LogP) is 1.96. The molecule has 0 bridgehead atoms. The zero-order valence-corrected chi connectivity index (χ0v) is 13.8. The van der Waals surface area contributed by atoms with Gasteiger partial charge in [-0.25, -0.2) is 0 Å². The first-order valence-corrected chi connectivity index (χ1v) is 8.50. The average molecular weight is 317 g/mol. The Balaban J connectivity index is 1.78. The maximum Gasteiger partial charge on any atom is 0.251 e. The van der Waals surface area contributed by atoms with E-state index < -0.39 is 0 Å². The Kier molecular flexibility index (Phi) is 6.59. The Morgan fingerprint density at radius 3 is 2.52 bits per heavy atom. The fraction of sp³-hybridized carbons (Fsp3) is 0.556. The minimum Gasteiger partial charge on any atom is -0.352 e. The number of hydrogen-bond donors (Lipinski definition) is 3. The SMILES string of the molecule is CCCCNC(=O)c1ccc(CNC(=O)C2CCC(N)C2)cc1. The first kappa shape index (κ1) is 17.5. The van der Waals surface area contributed by atoms with Crippen LogP contribution in [0.4, 0.5) is 0 Å². The van der Waals surface area contributed by atoms with E-state index in [4.69, 9.17) is 5.73 Å². The Labute approximate surface area is 138 Å². The van der Waals surface area contributed by atoms with Crippen molar-refractivity contribution in [2.75, 3.05) is 6.54 Å². The topological polar surface area (TPSA) is 84.2 Å². The van der Waals surface area contributed by atoms with Crippen LogP contribution in [0.3, 0.4) is 0 Å². The van der Waals surface area contributed by atoms with Crippen molar-refractivity contribution < 1.29 is 9.59 Å². The lowest BCUT2D eigenvalue weighted by atomic mass is 10.1. The zero-order valence-electron chi connectivity index (χ0n) is 13.8. The van der Waals surface area contributed by atoms with Crippen molar-refractivity contribution in [3.8, 4) is 0 Å². The Morgan fingerprint density at radius 1 is 1.17 bits per heavy atom. The maximum absolute atomic E-state index is 12.1. The van der Waals surface area contributed by atoms with Gasteiger partial charge in [0.15, 0.2) is 0 Å². The summed E-state index contributed by atoms with van der Waals surface area (Å²) in [5, 5.41) is 5.85. The third-order valence-electron chi connectivity index (χ3n) is 4.34. The minimum absolute atomic E-state index is 0.0472. The van der Waals surface area contributed by atoms with E-state index >= 15 is 0 Å². The molecule has 2 amide bonds. The molecule has 1 fully saturated rings. The standard InChI is InChI=1S/C18H27N3O2/c1-2-3-10-20-17(22)14-6-4-13(5-7-14)12-21-18(23)15-8-9-16(19)11-15/h4-7,15-16H,2-3,8-12,19H2,1H3,(H,20,22)(H,21,23). The summed E-state index contributed by atoms with van der Waals surface area (Å²) in [5.74, 6) is 0.0851. The lowest BCUT2D eigenvalue weighted by molar-refractivity contribution is -0.125. The highest BCUT2D eigenvalue weighted by molar-refractivity contribution is 5.94. The summed E-state index contributed by atoms with van der Waals surface area (Å²) in [7, 11) is 0. The van der Waals surface area contributed by atoms with Crippen LogP contribution < -0.4 is 16.4 Å². The molecule has 5 heteroatoms. The second kappa shape index (κ2) is 8.67. The van der Waals surface area contributed by atoms with Crippen molar-refractivity contribution >= 4 is 11.8 Å². The van der Waals surface area contributed by atoms with Gasteiger partial charge in [0.2, 0.25) is 5.91 Å². The van der Waals surface area contributed by atoms with Gasteiger partial charge in [-0.2, -0.15) is 0 Å². The summed E-state index contributed by atoms with van der Waals surface area (Å²) in [6, 6.07) is 7.53. The van der Waals surface area contributed by atoms with Crippen LogP contribution in [-0.4, -0.2) is 24.4 Å². The summed E-state index contributed by atoms with van der Waals surface area (Å²) in [6.45, 7) is 3.29. The molecule has 2 rings (SSSR count). The first-order valence-electron chi connectivity index (χ1n) is 8.50. The molecule has 0 aromatic heterocycles. The zero-order chi connectivity index (χ0) is 16.7. The lowest BCUT2D eigenvalue weighted by Gasteiger charge is -2.11. The molecule has 126 valence electrons. The highest BCUT2D eigenvalue weighted by atomic mass is 16.2. The van der Waals surface area contributed by atoms with Gasteiger partial charge in [-0.3, -0.25) is 9.59 Å². The molecule has 0 spiro atoms. The van der Waals surface area contributed by atoms with Crippen LogP contribution in [-0.2, 0) is 11.3 Å². The van der Waals surface area contributed by atoms with Crippen molar-refractivity contribution in [1.29, 1.82) is 0 Å². The van der Waals surface area contributed by atoms with Crippen molar-refractivity contribution in [3.05, 3.63) is 35.4 Å². The molecule has 0 aliphatic heterocycles. The van der Waals surface area contributed by atoms with Crippen LogP contribution in [0, 0.1) is 5.92 Å². The number of benzene rings is 1. The van der Waals surface area contributed by atoms with E-state index in [0.717, 1.165) is 37.7 Å². The van der Waals surface area contributed by atoms with E-state index in [-0.39, 0.29) is 23.8 Å². The number of rotatable bonds is 7. The van der Waals surface area contributed by atoms with Crippen molar-refractivity contribution in [2.45, 2.75) is 51.6 Å². The van der Waals surface area contributed by atoms with Crippen LogP contribution in [0.5, 0.6) is 0 Å². The number of carbonyl (C=O) groups excluding carboxylic acids is 2. The van der Waals surface area contributed by atoms with Gasteiger partial charge in [0.25, 0.3) is 5.91 Å². The fourth-order valence-corrected chi connectivity index (χ4v) is 2.84. The van der Waals surface area contributed by atoms with Gasteiger partial charge in [-0.1, -0.05) is 25.5 Å². The predicted molar refractivity (Wildman–Crippen MR) is 90.8 cm³/mol. The van der Waals surface area contributed by atoms with Gasteiger partial charge in [0.05, 0.1) is 0 Å². The van der Waals surface area contributed by atoms with Gasteiger partial charge in [0.1, 0.15) is 0 Å². The second-order valence-electron chi connectivity index (χ2n) is 6.29. The maximum atomic E-state index is 12.1. The third kappa shape index (κ3) is 5.36. The first-order chi connectivity index (χ1) is 11.1. The molecule has 2 atom stereocenters. The largest absolute Gasteiger partial charge is 0.352 e. The van der Waals surface area contributed by atoms with E-state index in [1.165, 1.54) is 0 Å². The number of amides is 2. The van der Waals surface area contributed by atoms with Crippen LogP contribution >= 0.6 is 0 Å². The molecule has 1 saturated carbocycles. The molecule has 5 nitrogen and oxygen atoms in total. The number of hydrogen-bond acceptors (Lipinski definition) is 3. The lowest BCUT2D eigenvalue weighted by Crippen LogP contribution is -2.30. The highest BCUT2D eigenvalue weighted by Gasteiger charge is 2.27. The molecule has 0 radical (unpaired) electrons. The normalized spacial score (nSPS) is 20.3. The molecular weight excluding hydrogens is 290 g/mol. The van der Waals surface area contributed by atoms with Gasteiger partial charge in [-0.15, -0.1) is 0 Å². The fourth-order valence-electron chi connectivity index (χ4n) is 2.84. The van der Waals surface area contributed by atoms with E-state index in [9.17, 15) is 9.59 Å². The van der Waals surface area contributed by atoms with Crippen molar-refractivity contribution in [3.63, 3.8) is 0 Å². The van der Waals surface area contributed by atoms with E-state index in [0.29, 0.717) is 18.7 Å². The van der Waals surface area contributed by atoms with Crippen molar-refractivity contribution in [1.82, 2.24) is 10.6 Å². The molecule has 1 aliphatic rings. The summed E-state index contributed by atoms with van der Waals surface area (Å²) >= 11 is 0. The number of unbranched alkanes of at least 4 members (excludes halogenated alkanes) is 1. The number of carbonyl (C=O) groups is 2. The number of nitrogens with two attached hydrogens (primary N) is 1. The van der Waals surface area contributed by atoms with Crippen LogP contribution in [0.1, 0.15) is 54.9 Å². The summed E-state index contributed by atoms with van der Waals surface area (Å²) in [6.07, 6.45) is 4.64. The smallest absolute Gasteiger partial charge is 0.251 e. The quantitative estimate of drug-likeness (QED) is 0.672. The van der Waals surface area contributed by atoms with Gasteiger partial charge >= 0.3 is 0 Å². The van der Waals surface area contributed by atoms with E-state index in [2.05, 4.69) is 17.6 Å². The Hall–Kier alpha value is -1.88. The molecule has 0 heterocycles. The molecule has 1 aliphatic carbocycles. The minimum atomic E-state index is -0.0472. The van der Waals surface area contributed by atoms with Gasteiger partial charge < -0.3 is 16.4 Å². The summed E-state index contributed by atoms with van der Waals surface area (Å²) in [4.78, 5) is 24.0. The molecule has 0 saturated heterocycles. The van der Waals surface area contributed by atoms with Crippen LogP contribution in [0.25, 0.3) is 0 Å². The van der Waals surface area contributed by atoms with Crippen molar-refractivity contribution in [2.24, 2.45) is 11.7 Å². The second-order valence-corrected chi connectivity index (χ2v) is 6.29. The Morgan fingerprint density at radius 2 is 1.91 bits per heavy atom. The average Bonchev–Trinajstić information content (AvgIpc) is 3.00. The van der Waals surface area contributed by atoms with E-state index in [1.54, 1.807) is 12.1 Å². The Bertz CT molecular complexity index is 528. The monoisotopic (exact) mass is 317 g/mol. The molecule has 1 aromatic carbocycles. The number of nitrogens with one attached hydrogen (secondary N) is 2. The summed E-state index contributed by atoms with van der Waals surface area (Å²) < 4.78 is 0. The highest BCUT2D eigenvalue weighted by Crippen LogP contribution is 2.24. The van der Waals surface area contributed by atoms with Crippen LogP contribution in [0.2, 0.25) is 0 Å². The molecule has 1 aromatic rings. The van der Waals surface area contributed by atoms with E-state index in [1.807, 2.05) is 12.1 Å². The molecule has 2 unspecified atom stereocenters. The molecule has 4 N–H and O–H groups in total.